The summed E-state index contributed by atoms with van der Waals surface area (Å²) in [5.74, 6) is -1.03. The topological polar surface area (TPSA) is 82.7 Å². The average molecular weight is 291 g/mol. The van der Waals surface area contributed by atoms with Crippen molar-refractivity contribution < 1.29 is 14.3 Å². The standard InChI is InChI=1S/C14H17N3O4/c1-4-21-12(19)14(2,3)10(18)9-17-13(20)16-8-6-5-7-11(16)15-17/h5-8H,4,9H2,1-3H3. The number of aromatic nitrogens is 3. The zero-order chi connectivity index (χ0) is 15.6. The Hall–Kier alpha value is -2.44. The van der Waals surface area contributed by atoms with Gasteiger partial charge in [0.1, 0.15) is 12.0 Å². The highest BCUT2D eigenvalue weighted by molar-refractivity contribution is 6.02. The van der Waals surface area contributed by atoms with Gasteiger partial charge in [-0.3, -0.25) is 14.0 Å². The molecule has 0 saturated heterocycles. The molecule has 0 aliphatic rings. The van der Waals surface area contributed by atoms with Gasteiger partial charge in [-0.2, -0.15) is 0 Å². The van der Waals surface area contributed by atoms with Crippen molar-refractivity contribution in [3.63, 3.8) is 0 Å². The predicted molar refractivity (Wildman–Crippen MR) is 74.9 cm³/mol. The Morgan fingerprint density at radius 3 is 2.67 bits per heavy atom. The number of hydrogen-bond donors (Lipinski definition) is 0. The molecule has 0 aliphatic carbocycles. The Morgan fingerprint density at radius 2 is 2.05 bits per heavy atom. The Bertz CT molecular complexity index is 742. The van der Waals surface area contributed by atoms with Crippen molar-refractivity contribution in [3.05, 3.63) is 34.9 Å². The van der Waals surface area contributed by atoms with Crippen LogP contribution in [0.15, 0.2) is 29.2 Å². The third kappa shape index (κ3) is 2.72. The lowest BCUT2D eigenvalue weighted by molar-refractivity contribution is -0.158. The maximum absolute atomic E-state index is 12.3. The van der Waals surface area contributed by atoms with Gasteiger partial charge in [-0.25, -0.2) is 9.48 Å². The minimum atomic E-state index is -1.31. The van der Waals surface area contributed by atoms with Gasteiger partial charge in [0.05, 0.1) is 6.61 Å². The van der Waals surface area contributed by atoms with E-state index < -0.39 is 22.9 Å². The molecule has 0 fully saturated rings. The molecule has 112 valence electrons. The molecule has 2 aromatic rings. The quantitative estimate of drug-likeness (QED) is 0.597. The van der Waals surface area contributed by atoms with Gasteiger partial charge in [-0.1, -0.05) is 6.07 Å². The molecule has 2 rings (SSSR count). The molecule has 0 saturated carbocycles. The maximum atomic E-state index is 12.3. The maximum Gasteiger partial charge on any atom is 0.350 e. The highest BCUT2D eigenvalue weighted by Crippen LogP contribution is 2.19. The molecule has 0 unspecified atom stereocenters. The molecule has 2 heterocycles. The van der Waals surface area contributed by atoms with Crippen molar-refractivity contribution in [2.45, 2.75) is 27.3 Å². The SMILES string of the molecule is CCOC(=O)C(C)(C)C(=O)Cn1nc2ccccn2c1=O. The van der Waals surface area contributed by atoms with E-state index in [-0.39, 0.29) is 13.2 Å². The van der Waals surface area contributed by atoms with E-state index in [1.165, 1.54) is 18.2 Å². The number of rotatable bonds is 5. The van der Waals surface area contributed by atoms with Crippen LogP contribution in [-0.4, -0.2) is 32.5 Å². The fourth-order valence-corrected chi connectivity index (χ4v) is 1.83. The minimum Gasteiger partial charge on any atom is -0.465 e. The summed E-state index contributed by atoms with van der Waals surface area (Å²) < 4.78 is 7.27. The van der Waals surface area contributed by atoms with Crippen LogP contribution >= 0.6 is 0 Å². The van der Waals surface area contributed by atoms with Gasteiger partial charge in [-0.15, -0.1) is 5.10 Å². The van der Waals surface area contributed by atoms with E-state index >= 15 is 0 Å². The molecule has 0 bridgehead atoms. The number of fused-ring (bicyclic) bond motifs is 1. The lowest BCUT2D eigenvalue weighted by Crippen LogP contribution is -2.39. The molecular weight excluding hydrogens is 274 g/mol. The first-order valence-corrected chi connectivity index (χ1v) is 6.62. The van der Waals surface area contributed by atoms with E-state index in [9.17, 15) is 14.4 Å². The van der Waals surface area contributed by atoms with Crippen LogP contribution in [0.25, 0.3) is 5.65 Å². The van der Waals surface area contributed by atoms with Crippen LogP contribution in [0.4, 0.5) is 0 Å². The Labute approximate surface area is 121 Å². The molecule has 0 radical (unpaired) electrons. The third-order valence-corrected chi connectivity index (χ3v) is 3.26. The van der Waals surface area contributed by atoms with Crippen molar-refractivity contribution in [3.8, 4) is 0 Å². The molecule has 7 nitrogen and oxygen atoms in total. The first-order valence-electron chi connectivity index (χ1n) is 6.62. The number of carbonyl (C=O) groups excluding carboxylic acids is 2. The Kier molecular flexibility index (Phi) is 3.93. The third-order valence-electron chi connectivity index (χ3n) is 3.26. The molecule has 0 spiro atoms. The summed E-state index contributed by atoms with van der Waals surface area (Å²) in [7, 11) is 0. The van der Waals surface area contributed by atoms with Crippen LogP contribution in [0.2, 0.25) is 0 Å². The van der Waals surface area contributed by atoms with Crippen molar-refractivity contribution >= 4 is 17.4 Å². The van der Waals surface area contributed by atoms with Crippen LogP contribution in [0.1, 0.15) is 20.8 Å². The van der Waals surface area contributed by atoms with Crippen LogP contribution < -0.4 is 5.69 Å². The van der Waals surface area contributed by atoms with Gasteiger partial charge in [-0.05, 0) is 32.9 Å². The average Bonchev–Trinajstić information content (AvgIpc) is 2.76. The summed E-state index contributed by atoms with van der Waals surface area (Å²) in [6.45, 7) is 4.56. The Morgan fingerprint density at radius 1 is 1.33 bits per heavy atom. The molecule has 0 aromatic carbocycles. The lowest BCUT2D eigenvalue weighted by Gasteiger charge is -2.20. The number of nitrogens with zero attached hydrogens (tertiary/aromatic N) is 3. The van der Waals surface area contributed by atoms with E-state index in [0.29, 0.717) is 5.65 Å². The van der Waals surface area contributed by atoms with Gasteiger partial charge in [0.2, 0.25) is 0 Å². The van der Waals surface area contributed by atoms with Gasteiger partial charge in [0.25, 0.3) is 0 Å². The van der Waals surface area contributed by atoms with Gasteiger partial charge in [0.15, 0.2) is 11.4 Å². The largest absolute Gasteiger partial charge is 0.465 e. The van der Waals surface area contributed by atoms with E-state index in [1.807, 2.05) is 0 Å². The predicted octanol–water partition coefficient (Wildman–Crippen LogP) is 0.654. The van der Waals surface area contributed by atoms with Crippen molar-refractivity contribution in [1.29, 1.82) is 0 Å². The van der Waals surface area contributed by atoms with Crippen LogP contribution in [-0.2, 0) is 20.9 Å². The molecule has 2 aromatic heterocycles. The van der Waals surface area contributed by atoms with E-state index in [2.05, 4.69) is 5.10 Å². The first kappa shape index (κ1) is 15.0. The van der Waals surface area contributed by atoms with Crippen molar-refractivity contribution in [2.24, 2.45) is 5.41 Å². The normalized spacial score (nSPS) is 11.6. The summed E-state index contributed by atoms with van der Waals surface area (Å²) in [4.78, 5) is 36.1. The number of carbonyl (C=O) groups is 2. The van der Waals surface area contributed by atoms with Crippen LogP contribution in [0.5, 0.6) is 0 Å². The summed E-state index contributed by atoms with van der Waals surface area (Å²) in [5.41, 5.74) is -1.28. The molecule has 0 aliphatic heterocycles. The minimum absolute atomic E-state index is 0.198. The summed E-state index contributed by atoms with van der Waals surface area (Å²) in [5, 5.41) is 4.07. The van der Waals surface area contributed by atoms with Crippen molar-refractivity contribution in [1.82, 2.24) is 14.2 Å². The molecule has 7 heteroatoms. The number of Topliss-reactive ketones (excluding diaryl/α,β-unsaturated/α-hetero) is 1. The zero-order valence-corrected chi connectivity index (χ0v) is 12.2. The van der Waals surface area contributed by atoms with E-state index in [1.54, 1.807) is 31.3 Å². The second-order valence-electron chi connectivity index (χ2n) is 5.14. The summed E-state index contributed by atoms with van der Waals surface area (Å²) in [6.07, 6.45) is 1.57. The van der Waals surface area contributed by atoms with Crippen LogP contribution in [0.3, 0.4) is 0 Å². The van der Waals surface area contributed by atoms with Gasteiger partial charge in [0, 0.05) is 6.20 Å². The molecule has 21 heavy (non-hydrogen) atoms. The Balaban J connectivity index is 2.28. The monoisotopic (exact) mass is 291 g/mol. The second kappa shape index (κ2) is 5.51. The molecule has 0 amide bonds. The first-order chi connectivity index (χ1) is 9.87. The fraction of sp³-hybridized carbons (Fsp3) is 0.429. The fourth-order valence-electron chi connectivity index (χ4n) is 1.83. The smallest absolute Gasteiger partial charge is 0.350 e. The molecule has 0 N–H and O–H groups in total. The number of esters is 1. The van der Waals surface area contributed by atoms with Crippen molar-refractivity contribution in [2.75, 3.05) is 6.61 Å². The number of ether oxygens (including phenoxy) is 1. The van der Waals surface area contributed by atoms with E-state index in [4.69, 9.17) is 4.74 Å². The van der Waals surface area contributed by atoms with E-state index in [0.717, 1.165) is 4.68 Å². The van der Waals surface area contributed by atoms with Crippen LogP contribution in [0, 0.1) is 5.41 Å². The second-order valence-corrected chi connectivity index (χ2v) is 5.14. The zero-order valence-electron chi connectivity index (χ0n) is 12.2. The van der Waals surface area contributed by atoms with Gasteiger partial charge < -0.3 is 4.74 Å². The molecular formula is C14H17N3O4. The van der Waals surface area contributed by atoms with Gasteiger partial charge >= 0.3 is 11.7 Å². The highest BCUT2D eigenvalue weighted by atomic mass is 16.5. The summed E-state index contributed by atoms with van der Waals surface area (Å²) >= 11 is 0. The molecule has 0 atom stereocenters. The lowest BCUT2D eigenvalue weighted by atomic mass is 9.88. The number of pyridine rings is 1. The number of ketones is 1. The number of hydrogen-bond acceptors (Lipinski definition) is 5. The highest BCUT2D eigenvalue weighted by Gasteiger charge is 2.37. The summed E-state index contributed by atoms with van der Waals surface area (Å²) in [6, 6.07) is 5.11.